The molecule has 1 fully saturated rings. The van der Waals surface area contributed by atoms with Gasteiger partial charge in [0.1, 0.15) is 5.69 Å². The standard InChI is InChI=1S/C17H26N4O3.ClH/c1-20(15-9-5-6-10-16(15)21(23)24)12-17(22)19-14(11-18)13-7-3-2-4-8-13;/h5-6,9-10,13-14H,2-4,7-8,11-12,18H2,1H3,(H,19,22);1H. The van der Waals surface area contributed by atoms with Crippen molar-refractivity contribution >= 4 is 29.7 Å². The molecule has 2 rings (SSSR count). The van der Waals surface area contributed by atoms with Gasteiger partial charge in [0.25, 0.3) is 5.69 Å². The van der Waals surface area contributed by atoms with E-state index in [0.717, 1.165) is 12.8 Å². The lowest BCUT2D eigenvalue weighted by molar-refractivity contribution is -0.384. The van der Waals surface area contributed by atoms with E-state index in [-0.39, 0.29) is 36.6 Å². The molecule has 0 spiro atoms. The van der Waals surface area contributed by atoms with Gasteiger partial charge in [0.05, 0.1) is 11.5 Å². The summed E-state index contributed by atoms with van der Waals surface area (Å²) < 4.78 is 0. The average Bonchev–Trinajstić information content (AvgIpc) is 2.60. The highest BCUT2D eigenvalue weighted by Gasteiger charge is 2.25. The number of nitro benzene ring substituents is 1. The van der Waals surface area contributed by atoms with E-state index in [9.17, 15) is 14.9 Å². The lowest BCUT2D eigenvalue weighted by Crippen LogP contribution is -2.48. The Morgan fingerprint density at radius 2 is 2.00 bits per heavy atom. The number of hydrogen-bond acceptors (Lipinski definition) is 5. The van der Waals surface area contributed by atoms with E-state index >= 15 is 0 Å². The van der Waals surface area contributed by atoms with Gasteiger partial charge in [0, 0.05) is 25.7 Å². The van der Waals surface area contributed by atoms with Gasteiger partial charge >= 0.3 is 0 Å². The minimum absolute atomic E-state index is 0. The highest BCUT2D eigenvalue weighted by Crippen LogP contribution is 2.27. The topological polar surface area (TPSA) is 102 Å². The van der Waals surface area contributed by atoms with Crippen molar-refractivity contribution in [1.29, 1.82) is 0 Å². The molecule has 1 aliphatic rings. The summed E-state index contributed by atoms with van der Waals surface area (Å²) in [6, 6.07) is 6.41. The van der Waals surface area contributed by atoms with Crippen molar-refractivity contribution in [3.8, 4) is 0 Å². The summed E-state index contributed by atoms with van der Waals surface area (Å²) >= 11 is 0. The number of anilines is 1. The maximum absolute atomic E-state index is 12.3. The van der Waals surface area contributed by atoms with E-state index in [2.05, 4.69) is 5.32 Å². The lowest BCUT2D eigenvalue weighted by atomic mass is 9.84. The normalized spacial score (nSPS) is 15.8. The van der Waals surface area contributed by atoms with Gasteiger partial charge in [0.15, 0.2) is 0 Å². The van der Waals surface area contributed by atoms with Crippen molar-refractivity contribution in [1.82, 2.24) is 5.32 Å². The predicted molar refractivity (Wildman–Crippen MR) is 101 cm³/mol. The minimum Gasteiger partial charge on any atom is -0.360 e. The zero-order valence-corrected chi connectivity index (χ0v) is 15.3. The Labute approximate surface area is 154 Å². The Morgan fingerprint density at radius 1 is 1.36 bits per heavy atom. The number of para-hydroxylation sites is 2. The lowest BCUT2D eigenvalue weighted by Gasteiger charge is -2.30. The molecule has 1 aromatic carbocycles. The maximum Gasteiger partial charge on any atom is 0.292 e. The van der Waals surface area contributed by atoms with Crippen molar-refractivity contribution in [2.45, 2.75) is 38.1 Å². The first kappa shape index (κ1) is 21.2. The zero-order valence-electron chi connectivity index (χ0n) is 14.5. The number of rotatable bonds is 7. The van der Waals surface area contributed by atoms with Gasteiger partial charge in [-0.15, -0.1) is 12.4 Å². The number of benzene rings is 1. The van der Waals surface area contributed by atoms with Crippen LogP contribution >= 0.6 is 12.4 Å². The molecule has 0 aromatic heterocycles. The van der Waals surface area contributed by atoms with Gasteiger partial charge < -0.3 is 16.0 Å². The van der Waals surface area contributed by atoms with Crippen LogP contribution in [0.5, 0.6) is 0 Å². The van der Waals surface area contributed by atoms with Gasteiger partial charge in [-0.3, -0.25) is 14.9 Å². The molecule has 0 heterocycles. The molecule has 1 amide bonds. The summed E-state index contributed by atoms with van der Waals surface area (Å²) in [6.45, 7) is 0.486. The quantitative estimate of drug-likeness (QED) is 0.567. The summed E-state index contributed by atoms with van der Waals surface area (Å²) in [4.78, 5) is 24.6. The maximum atomic E-state index is 12.3. The van der Waals surface area contributed by atoms with E-state index in [0.29, 0.717) is 18.2 Å². The molecule has 7 nitrogen and oxygen atoms in total. The largest absolute Gasteiger partial charge is 0.360 e. The Hall–Kier alpha value is -1.86. The van der Waals surface area contributed by atoms with E-state index in [1.807, 2.05) is 0 Å². The summed E-state index contributed by atoms with van der Waals surface area (Å²) in [5, 5.41) is 14.1. The first-order valence-corrected chi connectivity index (χ1v) is 8.47. The second-order valence-electron chi connectivity index (χ2n) is 6.41. The van der Waals surface area contributed by atoms with Gasteiger partial charge in [-0.2, -0.15) is 0 Å². The minimum atomic E-state index is -0.436. The van der Waals surface area contributed by atoms with Crippen LogP contribution in [0.1, 0.15) is 32.1 Å². The Balaban J connectivity index is 0.00000312. The van der Waals surface area contributed by atoms with E-state index in [4.69, 9.17) is 5.73 Å². The van der Waals surface area contributed by atoms with E-state index < -0.39 is 4.92 Å². The number of nitrogens with one attached hydrogen (secondary N) is 1. The molecule has 140 valence electrons. The molecule has 1 atom stereocenters. The Bertz CT molecular complexity index is 579. The molecule has 0 aliphatic heterocycles. The Kier molecular flexibility index (Phi) is 8.65. The number of nitrogens with zero attached hydrogens (tertiary/aromatic N) is 2. The van der Waals surface area contributed by atoms with Crippen LogP contribution in [0.4, 0.5) is 11.4 Å². The van der Waals surface area contributed by atoms with Gasteiger partial charge in [-0.1, -0.05) is 31.4 Å². The van der Waals surface area contributed by atoms with Gasteiger partial charge in [-0.25, -0.2) is 0 Å². The number of halogens is 1. The third-order valence-electron chi connectivity index (χ3n) is 4.69. The highest BCUT2D eigenvalue weighted by atomic mass is 35.5. The number of nitrogens with two attached hydrogens (primary N) is 1. The first-order valence-electron chi connectivity index (χ1n) is 8.47. The predicted octanol–water partition coefficient (Wildman–Crippen LogP) is 2.48. The molecule has 1 saturated carbocycles. The van der Waals surface area contributed by atoms with Crippen molar-refractivity contribution < 1.29 is 9.72 Å². The summed E-state index contributed by atoms with van der Waals surface area (Å²) in [5.74, 6) is 0.278. The fourth-order valence-electron chi connectivity index (χ4n) is 3.40. The zero-order chi connectivity index (χ0) is 17.5. The molecule has 25 heavy (non-hydrogen) atoms. The smallest absolute Gasteiger partial charge is 0.292 e. The number of carbonyl (C=O) groups excluding carboxylic acids is 1. The fraction of sp³-hybridized carbons (Fsp3) is 0.588. The van der Waals surface area contributed by atoms with E-state index in [1.54, 1.807) is 30.1 Å². The molecule has 0 bridgehead atoms. The molecule has 1 aliphatic carbocycles. The molecule has 0 saturated heterocycles. The van der Waals surface area contributed by atoms with Crippen LogP contribution in [-0.2, 0) is 4.79 Å². The van der Waals surface area contributed by atoms with Gasteiger partial charge in [-0.05, 0) is 24.8 Å². The SMILES string of the molecule is CN(CC(=O)NC(CN)C1CCCCC1)c1ccccc1[N+](=O)[O-].Cl. The molecule has 1 unspecified atom stereocenters. The van der Waals surface area contributed by atoms with Crippen LogP contribution in [0.2, 0.25) is 0 Å². The number of hydrogen-bond donors (Lipinski definition) is 2. The van der Waals surface area contributed by atoms with Crippen LogP contribution in [0.3, 0.4) is 0 Å². The number of likely N-dealkylation sites (N-methyl/N-ethyl adjacent to an activating group) is 1. The first-order chi connectivity index (χ1) is 11.5. The van der Waals surface area contributed by atoms with Crippen LogP contribution in [0.15, 0.2) is 24.3 Å². The van der Waals surface area contributed by atoms with Crippen molar-refractivity contribution in [2.75, 3.05) is 25.0 Å². The Morgan fingerprint density at radius 3 is 2.60 bits per heavy atom. The fourth-order valence-corrected chi connectivity index (χ4v) is 3.40. The average molecular weight is 371 g/mol. The monoisotopic (exact) mass is 370 g/mol. The van der Waals surface area contributed by atoms with Crippen LogP contribution in [-0.4, -0.2) is 37.0 Å². The molecule has 0 radical (unpaired) electrons. The second kappa shape index (κ2) is 10.2. The van der Waals surface area contributed by atoms with Crippen LogP contribution < -0.4 is 16.0 Å². The van der Waals surface area contributed by atoms with Crippen molar-refractivity contribution in [2.24, 2.45) is 11.7 Å². The second-order valence-corrected chi connectivity index (χ2v) is 6.41. The number of amides is 1. The molecule has 8 heteroatoms. The summed E-state index contributed by atoms with van der Waals surface area (Å²) in [7, 11) is 1.68. The highest BCUT2D eigenvalue weighted by molar-refractivity contribution is 5.85. The van der Waals surface area contributed by atoms with Crippen LogP contribution in [0, 0.1) is 16.0 Å². The third-order valence-corrected chi connectivity index (χ3v) is 4.69. The van der Waals surface area contributed by atoms with Gasteiger partial charge in [0.2, 0.25) is 5.91 Å². The molecule has 1 aromatic rings. The van der Waals surface area contributed by atoms with E-state index in [1.165, 1.54) is 25.3 Å². The summed E-state index contributed by atoms with van der Waals surface area (Å²) in [5.41, 5.74) is 6.27. The third kappa shape index (κ3) is 5.86. The molecular weight excluding hydrogens is 344 g/mol. The van der Waals surface area contributed by atoms with Crippen molar-refractivity contribution in [3.05, 3.63) is 34.4 Å². The molecular formula is C17H27ClN4O3. The van der Waals surface area contributed by atoms with Crippen LogP contribution in [0.25, 0.3) is 0 Å². The molecule has 3 N–H and O–H groups in total. The summed E-state index contributed by atoms with van der Waals surface area (Å²) in [6.07, 6.45) is 5.83. The van der Waals surface area contributed by atoms with Crippen molar-refractivity contribution in [3.63, 3.8) is 0 Å². The number of carbonyl (C=O) groups is 1. The number of nitro groups is 1.